The van der Waals surface area contributed by atoms with E-state index in [0.717, 1.165) is 12.0 Å². The van der Waals surface area contributed by atoms with Crippen LogP contribution in [0.25, 0.3) is 0 Å². The Morgan fingerprint density at radius 2 is 2.08 bits per heavy atom. The highest BCUT2D eigenvalue weighted by molar-refractivity contribution is 5.23. The van der Waals surface area contributed by atoms with E-state index in [1.165, 1.54) is 0 Å². The SMILES string of the molecule is CNc1ncc(CC(C)N)cn1. The van der Waals surface area contributed by atoms with Crippen LogP contribution in [0.1, 0.15) is 12.5 Å². The van der Waals surface area contributed by atoms with Crippen LogP contribution < -0.4 is 11.1 Å². The molecule has 1 unspecified atom stereocenters. The zero-order valence-corrected chi connectivity index (χ0v) is 7.41. The molecular formula is C8H14N4. The van der Waals surface area contributed by atoms with Crippen molar-refractivity contribution < 1.29 is 0 Å². The highest BCUT2D eigenvalue weighted by Crippen LogP contribution is 2.01. The molecule has 0 aliphatic rings. The fourth-order valence-corrected chi connectivity index (χ4v) is 0.961. The standard InChI is InChI=1S/C8H14N4/c1-6(9)3-7-4-11-8(10-2)12-5-7/h4-6H,3,9H2,1-2H3,(H,10,11,12). The molecule has 1 atom stereocenters. The summed E-state index contributed by atoms with van der Waals surface area (Å²) in [6.07, 6.45) is 4.41. The van der Waals surface area contributed by atoms with Crippen LogP contribution in [0.4, 0.5) is 5.95 Å². The molecular weight excluding hydrogens is 152 g/mol. The Bertz CT molecular complexity index is 229. The molecule has 0 radical (unpaired) electrons. The van der Waals surface area contributed by atoms with Crippen LogP contribution in [0.2, 0.25) is 0 Å². The van der Waals surface area contributed by atoms with Crippen LogP contribution in [0.15, 0.2) is 12.4 Å². The molecule has 0 saturated carbocycles. The highest BCUT2D eigenvalue weighted by Gasteiger charge is 1.98. The van der Waals surface area contributed by atoms with Gasteiger partial charge in [0.05, 0.1) is 0 Å². The molecule has 0 saturated heterocycles. The minimum Gasteiger partial charge on any atom is -0.357 e. The third-order valence-electron chi connectivity index (χ3n) is 1.49. The molecule has 4 heteroatoms. The monoisotopic (exact) mass is 166 g/mol. The number of nitrogens with two attached hydrogens (primary N) is 1. The zero-order valence-electron chi connectivity index (χ0n) is 7.41. The van der Waals surface area contributed by atoms with E-state index in [4.69, 9.17) is 5.73 Å². The van der Waals surface area contributed by atoms with Gasteiger partial charge in [-0.3, -0.25) is 0 Å². The summed E-state index contributed by atoms with van der Waals surface area (Å²) in [4.78, 5) is 8.14. The maximum absolute atomic E-state index is 5.62. The number of anilines is 1. The molecule has 0 aliphatic heterocycles. The number of nitrogens with one attached hydrogen (secondary N) is 1. The largest absolute Gasteiger partial charge is 0.357 e. The fraction of sp³-hybridized carbons (Fsp3) is 0.500. The zero-order chi connectivity index (χ0) is 8.97. The van der Waals surface area contributed by atoms with E-state index in [1.807, 2.05) is 6.92 Å². The molecule has 0 bridgehead atoms. The van der Waals surface area contributed by atoms with Gasteiger partial charge in [-0.15, -0.1) is 0 Å². The smallest absolute Gasteiger partial charge is 0.222 e. The molecule has 12 heavy (non-hydrogen) atoms. The second-order valence-electron chi connectivity index (χ2n) is 2.85. The van der Waals surface area contributed by atoms with E-state index in [9.17, 15) is 0 Å². The Labute approximate surface area is 72.2 Å². The van der Waals surface area contributed by atoms with Gasteiger partial charge >= 0.3 is 0 Å². The first-order chi connectivity index (χ1) is 5.72. The van der Waals surface area contributed by atoms with Gasteiger partial charge in [-0.2, -0.15) is 0 Å². The Hall–Kier alpha value is -1.16. The summed E-state index contributed by atoms with van der Waals surface area (Å²) in [5.74, 6) is 0.642. The molecule has 0 aliphatic carbocycles. The van der Waals surface area contributed by atoms with E-state index in [-0.39, 0.29) is 6.04 Å². The molecule has 0 fully saturated rings. The van der Waals surface area contributed by atoms with Gasteiger partial charge in [-0.1, -0.05) is 0 Å². The van der Waals surface area contributed by atoms with Gasteiger partial charge in [0.25, 0.3) is 0 Å². The number of aromatic nitrogens is 2. The molecule has 1 aromatic heterocycles. The number of rotatable bonds is 3. The van der Waals surface area contributed by atoms with Crippen molar-refractivity contribution >= 4 is 5.95 Å². The van der Waals surface area contributed by atoms with Crippen molar-refractivity contribution in [2.45, 2.75) is 19.4 Å². The minimum atomic E-state index is 0.161. The maximum atomic E-state index is 5.62. The van der Waals surface area contributed by atoms with Gasteiger partial charge in [0.2, 0.25) is 5.95 Å². The second kappa shape index (κ2) is 4.01. The molecule has 0 spiro atoms. The summed E-state index contributed by atoms with van der Waals surface area (Å²) >= 11 is 0. The number of nitrogens with zero attached hydrogens (tertiary/aromatic N) is 2. The van der Waals surface area contributed by atoms with Gasteiger partial charge in [-0.05, 0) is 18.9 Å². The van der Waals surface area contributed by atoms with Crippen LogP contribution in [-0.2, 0) is 6.42 Å². The maximum Gasteiger partial charge on any atom is 0.222 e. The summed E-state index contributed by atoms with van der Waals surface area (Å²) < 4.78 is 0. The fourth-order valence-electron chi connectivity index (χ4n) is 0.961. The van der Waals surface area contributed by atoms with Crippen molar-refractivity contribution in [1.29, 1.82) is 0 Å². The second-order valence-corrected chi connectivity index (χ2v) is 2.85. The highest BCUT2D eigenvalue weighted by atomic mass is 15.1. The lowest BCUT2D eigenvalue weighted by atomic mass is 10.1. The average Bonchev–Trinajstić information content (AvgIpc) is 2.05. The van der Waals surface area contributed by atoms with Crippen LogP contribution in [0, 0.1) is 0 Å². The van der Waals surface area contributed by atoms with Crippen molar-refractivity contribution in [3.8, 4) is 0 Å². The number of hydrogen-bond donors (Lipinski definition) is 2. The lowest BCUT2D eigenvalue weighted by Crippen LogP contribution is -2.18. The normalized spacial score (nSPS) is 12.6. The first-order valence-electron chi connectivity index (χ1n) is 3.96. The molecule has 1 aromatic rings. The molecule has 66 valence electrons. The number of hydrogen-bond acceptors (Lipinski definition) is 4. The van der Waals surface area contributed by atoms with Crippen LogP contribution in [0.5, 0.6) is 0 Å². The minimum absolute atomic E-state index is 0.161. The van der Waals surface area contributed by atoms with Gasteiger partial charge in [0, 0.05) is 25.5 Å². The summed E-state index contributed by atoms with van der Waals surface area (Å²) in [5.41, 5.74) is 6.70. The Kier molecular flexibility index (Phi) is 2.99. The lowest BCUT2D eigenvalue weighted by molar-refractivity contribution is 0.732. The Morgan fingerprint density at radius 3 is 2.50 bits per heavy atom. The summed E-state index contributed by atoms with van der Waals surface area (Å²) in [5, 5.41) is 2.85. The topological polar surface area (TPSA) is 63.8 Å². The third kappa shape index (κ3) is 2.47. The van der Waals surface area contributed by atoms with E-state index in [1.54, 1.807) is 19.4 Å². The third-order valence-corrected chi connectivity index (χ3v) is 1.49. The van der Waals surface area contributed by atoms with Crippen molar-refractivity contribution in [2.75, 3.05) is 12.4 Å². The Morgan fingerprint density at radius 1 is 1.50 bits per heavy atom. The Balaban J connectivity index is 2.65. The predicted octanol–water partition coefficient (Wildman–Crippen LogP) is 0.408. The van der Waals surface area contributed by atoms with Crippen molar-refractivity contribution in [3.05, 3.63) is 18.0 Å². The van der Waals surface area contributed by atoms with Crippen molar-refractivity contribution in [3.63, 3.8) is 0 Å². The molecule has 0 aromatic carbocycles. The van der Waals surface area contributed by atoms with Crippen LogP contribution in [0.3, 0.4) is 0 Å². The molecule has 1 rings (SSSR count). The average molecular weight is 166 g/mol. The molecule has 3 N–H and O–H groups in total. The summed E-state index contributed by atoms with van der Waals surface area (Å²) in [6.45, 7) is 1.96. The lowest BCUT2D eigenvalue weighted by Gasteiger charge is -2.04. The molecule has 4 nitrogen and oxygen atoms in total. The van der Waals surface area contributed by atoms with Crippen LogP contribution >= 0.6 is 0 Å². The van der Waals surface area contributed by atoms with E-state index >= 15 is 0 Å². The van der Waals surface area contributed by atoms with Crippen molar-refractivity contribution in [2.24, 2.45) is 5.73 Å². The quantitative estimate of drug-likeness (QED) is 0.682. The molecule has 1 heterocycles. The van der Waals surface area contributed by atoms with Gasteiger partial charge < -0.3 is 11.1 Å². The van der Waals surface area contributed by atoms with Gasteiger partial charge in [-0.25, -0.2) is 9.97 Å². The van der Waals surface area contributed by atoms with Gasteiger partial charge in [0.1, 0.15) is 0 Å². The molecule has 0 amide bonds. The first-order valence-corrected chi connectivity index (χ1v) is 3.96. The first kappa shape index (κ1) is 8.93. The summed E-state index contributed by atoms with van der Waals surface area (Å²) in [6, 6.07) is 0.161. The van der Waals surface area contributed by atoms with E-state index in [0.29, 0.717) is 5.95 Å². The van der Waals surface area contributed by atoms with Gasteiger partial charge in [0.15, 0.2) is 0 Å². The predicted molar refractivity (Wildman–Crippen MR) is 48.9 cm³/mol. The summed E-state index contributed by atoms with van der Waals surface area (Å²) in [7, 11) is 1.79. The van der Waals surface area contributed by atoms with E-state index < -0.39 is 0 Å². The van der Waals surface area contributed by atoms with Crippen LogP contribution in [-0.4, -0.2) is 23.1 Å². The van der Waals surface area contributed by atoms with Crippen molar-refractivity contribution in [1.82, 2.24) is 9.97 Å². The van der Waals surface area contributed by atoms with E-state index in [2.05, 4.69) is 15.3 Å².